The SMILES string of the molecule is CCc1cccc2c(C(=O)COC(=O)Cn3ccc(=O)[nH]c3=O)c[nH]c12. The Morgan fingerprint density at radius 1 is 1.19 bits per heavy atom. The molecule has 0 saturated carbocycles. The molecule has 8 nitrogen and oxygen atoms in total. The molecule has 2 N–H and O–H groups in total. The van der Waals surface area contributed by atoms with Crippen LogP contribution in [-0.2, 0) is 22.5 Å². The summed E-state index contributed by atoms with van der Waals surface area (Å²) < 4.78 is 5.96. The second-order valence-electron chi connectivity index (χ2n) is 5.72. The summed E-state index contributed by atoms with van der Waals surface area (Å²) in [5.41, 5.74) is 1.16. The van der Waals surface area contributed by atoms with Crippen molar-refractivity contribution >= 4 is 22.7 Å². The van der Waals surface area contributed by atoms with Crippen LogP contribution in [0.3, 0.4) is 0 Å². The van der Waals surface area contributed by atoms with Gasteiger partial charge >= 0.3 is 11.7 Å². The molecule has 1 aromatic carbocycles. The summed E-state index contributed by atoms with van der Waals surface area (Å²) in [7, 11) is 0. The second kappa shape index (κ2) is 7.22. The van der Waals surface area contributed by atoms with E-state index < -0.39 is 30.4 Å². The zero-order valence-electron chi connectivity index (χ0n) is 14.1. The maximum absolute atomic E-state index is 12.4. The number of nitrogens with one attached hydrogen (secondary N) is 2. The van der Waals surface area contributed by atoms with Crippen molar-refractivity contribution in [1.29, 1.82) is 0 Å². The molecular formula is C18H17N3O5. The van der Waals surface area contributed by atoms with Crippen molar-refractivity contribution in [3.05, 3.63) is 68.6 Å². The highest BCUT2D eigenvalue weighted by Crippen LogP contribution is 2.22. The number of hydrogen-bond acceptors (Lipinski definition) is 5. The molecule has 0 atom stereocenters. The summed E-state index contributed by atoms with van der Waals surface area (Å²) in [6.45, 7) is 1.20. The molecule has 134 valence electrons. The van der Waals surface area contributed by atoms with Crippen LogP contribution < -0.4 is 11.2 Å². The van der Waals surface area contributed by atoms with Crippen LogP contribution >= 0.6 is 0 Å². The average Bonchev–Trinajstić information content (AvgIpc) is 3.06. The summed E-state index contributed by atoms with van der Waals surface area (Å²) in [5, 5.41) is 0.780. The molecule has 26 heavy (non-hydrogen) atoms. The number of ether oxygens (including phenoxy) is 1. The number of aromatic nitrogens is 3. The van der Waals surface area contributed by atoms with Crippen LogP contribution in [0.15, 0.2) is 46.2 Å². The third kappa shape index (κ3) is 3.49. The maximum atomic E-state index is 12.4. The molecule has 0 saturated heterocycles. The molecular weight excluding hydrogens is 338 g/mol. The van der Waals surface area contributed by atoms with E-state index in [0.717, 1.165) is 33.5 Å². The molecule has 3 aromatic rings. The van der Waals surface area contributed by atoms with Crippen molar-refractivity contribution in [3.8, 4) is 0 Å². The van der Waals surface area contributed by atoms with E-state index in [9.17, 15) is 19.2 Å². The first kappa shape index (κ1) is 17.4. The Kier molecular flexibility index (Phi) is 4.83. The minimum atomic E-state index is -0.749. The molecule has 0 aliphatic rings. The standard InChI is InChI=1S/C18H17N3O5/c1-2-11-4-3-5-12-13(8-19-17(11)12)14(22)10-26-16(24)9-21-7-6-15(23)20-18(21)25/h3-8,19H,2,9-10H2,1H3,(H,20,23,25). The number of nitrogens with zero attached hydrogens (tertiary/aromatic N) is 1. The number of benzene rings is 1. The Labute approximate surface area is 147 Å². The highest BCUT2D eigenvalue weighted by Gasteiger charge is 2.16. The van der Waals surface area contributed by atoms with Gasteiger partial charge in [0.05, 0.1) is 0 Å². The predicted molar refractivity (Wildman–Crippen MR) is 94.3 cm³/mol. The first-order valence-corrected chi connectivity index (χ1v) is 8.07. The zero-order chi connectivity index (χ0) is 18.7. The Morgan fingerprint density at radius 3 is 2.73 bits per heavy atom. The van der Waals surface area contributed by atoms with Crippen molar-refractivity contribution in [3.63, 3.8) is 0 Å². The Hall–Kier alpha value is -3.42. The maximum Gasteiger partial charge on any atom is 0.328 e. The normalized spacial score (nSPS) is 10.8. The molecule has 0 aliphatic carbocycles. The van der Waals surface area contributed by atoms with E-state index in [1.807, 2.05) is 30.1 Å². The molecule has 0 radical (unpaired) electrons. The molecule has 2 aromatic heterocycles. The third-order valence-corrected chi connectivity index (χ3v) is 4.04. The number of fused-ring (bicyclic) bond motifs is 1. The van der Waals surface area contributed by atoms with Crippen molar-refractivity contribution < 1.29 is 14.3 Å². The van der Waals surface area contributed by atoms with Gasteiger partial charge in [-0.1, -0.05) is 25.1 Å². The largest absolute Gasteiger partial charge is 0.456 e. The number of aromatic amines is 2. The smallest absolute Gasteiger partial charge is 0.328 e. The molecule has 0 amide bonds. The lowest BCUT2D eigenvalue weighted by molar-refractivity contribution is -0.143. The topological polar surface area (TPSA) is 114 Å². The number of carbonyl (C=O) groups is 2. The summed E-state index contributed by atoms with van der Waals surface area (Å²) in [6.07, 6.45) is 3.62. The van der Waals surface area contributed by atoms with E-state index in [-0.39, 0.29) is 5.78 Å². The molecule has 3 rings (SSSR count). The molecule has 0 bridgehead atoms. The average molecular weight is 355 g/mol. The lowest BCUT2D eigenvalue weighted by Crippen LogP contribution is -2.31. The number of hydrogen-bond donors (Lipinski definition) is 2. The fourth-order valence-electron chi connectivity index (χ4n) is 2.72. The van der Waals surface area contributed by atoms with E-state index in [1.165, 1.54) is 6.20 Å². The molecule has 2 heterocycles. The van der Waals surface area contributed by atoms with Gasteiger partial charge in [0.2, 0.25) is 5.78 Å². The van der Waals surface area contributed by atoms with E-state index in [2.05, 4.69) is 4.98 Å². The van der Waals surface area contributed by atoms with Crippen LogP contribution in [0, 0.1) is 0 Å². The van der Waals surface area contributed by atoms with Crippen LogP contribution in [0.1, 0.15) is 22.8 Å². The quantitative estimate of drug-likeness (QED) is 0.506. The first-order valence-electron chi connectivity index (χ1n) is 8.07. The number of carbonyl (C=O) groups excluding carboxylic acids is 2. The Morgan fingerprint density at radius 2 is 2.00 bits per heavy atom. The number of esters is 1. The van der Waals surface area contributed by atoms with Crippen molar-refractivity contribution in [2.75, 3.05) is 6.61 Å². The van der Waals surface area contributed by atoms with Crippen molar-refractivity contribution in [2.45, 2.75) is 19.9 Å². The molecule has 0 spiro atoms. The summed E-state index contributed by atoms with van der Waals surface area (Å²) in [6, 6.07) is 6.81. The summed E-state index contributed by atoms with van der Waals surface area (Å²) in [5.74, 6) is -1.09. The van der Waals surface area contributed by atoms with E-state index in [0.29, 0.717) is 5.56 Å². The highest BCUT2D eigenvalue weighted by atomic mass is 16.5. The van der Waals surface area contributed by atoms with Gasteiger partial charge in [0, 0.05) is 34.9 Å². The fourth-order valence-corrected chi connectivity index (χ4v) is 2.72. The van der Waals surface area contributed by atoms with E-state index in [1.54, 1.807) is 6.20 Å². The van der Waals surface area contributed by atoms with Crippen molar-refractivity contribution in [1.82, 2.24) is 14.5 Å². The van der Waals surface area contributed by atoms with Gasteiger partial charge in [-0.15, -0.1) is 0 Å². The van der Waals surface area contributed by atoms with Gasteiger partial charge in [-0.05, 0) is 12.0 Å². The number of H-pyrrole nitrogens is 2. The number of rotatable bonds is 6. The lowest BCUT2D eigenvalue weighted by Gasteiger charge is -2.06. The van der Waals surface area contributed by atoms with E-state index >= 15 is 0 Å². The minimum absolute atomic E-state index is 0.341. The minimum Gasteiger partial charge on any atom is -0.456 e. The molecule has 0 unspecified atom stereocenters. The number of Topliss-reactive ketones (excluding diaryl/α,β-unsaturated/α-hetero) is 1. The van der Waals surface area contributed by atoms with Crippen LogP contribution in [0.2, 0.25) is 0 Å². The molecule has 0 fully saturated rings. The van der Waals surface area contributed by atoms with Gasteiger partial charge in [0.1, 0.15) is 6.54 Å². The fraction of sp³-hybridized carbons (Fsp3) is 0.222. The summed E-state index contributed by atoms with van der Waals surface area (Å²) in [4.78, 5) is 51.9. The van der Waals surface area contributed by atoms with Gasteiger partial charge in [-0.2, -0.15) is 0 Å². The van der Waals surface area contributed by atoms with Crippen molar-refractivity contribution in [2.24, 2.45) is 0 Å². The van der Waals surface area contributed by atoms with Gasteiger partial charge in [-0.3, -0.25) is 23.9 Å². The number of para-hydroxylation sites is 1. The third-order valence-electron chi connectivity index (χ3n) is 4.04. The zero-order valence-corrected chi connectivity index (χ0v) is 14.1. The van der Waals surface area contributed by atoms with Crippen LogP contribution in [-0.4, -0.2) is 32.9 Å². The van der Waals surface area contributed by atoms with Gasteiger partial charge < -0.3 is 9.72 Å². The second-order valence-corrected chi connectivity index (χ2v) is 5.72. The number of aryl methyl sites for hydroxylation is 1. The van der Waals surface area contributed by atoms with Crippen LogP contribution in [0.25, 0.3) is 10.9 Å². The van der Waals surface area contributed by atoms with Gasteiger partial charge in [-0.25, -0.2) is 4.79 Å². The summed E-state index contributed by atoms with van der Waals surface area (Å²) >= 11 is 0. The molecule has 0 aliphatic heterocycles. The number of ketones is 1. The Balaban J connectivity index is 1.68. The predicted octanol–water partition coefficient (Wildman–Crippen LogP) is 1.01. The van der Waals surface area contributed by atoms with Gasteiger partial charge in [0.15, 0.2) is 6.61 Å². The van der Waals surface area contributed by atoms with Crippen LogP contribution in [0.5, 0.6) is 0 Å². The molecule has 8 heteroatoms. The van der Waals surface area contributed by atoms with E-state index in [4.69, 9.17) is 4.74 Å². The Bertz CT molecular complexity index is 1090. The monoisotopic (exact) mass is 355 g/mol. The first-order chi connectivity index (χ1) is 12.5. The highest BCUT2D eigenvalue weighted by molar-refractivity contribution is 6.09. The lowest BCUT2D eigenvalue weighted by atomic mass is 10.1. The van der Waals surface area contributed by atoms with Crippen LogP contribution in [0.4, 0.5) is 0 Å². The van der Waals surface area contributed by atoms with Gasteiger partial charge in [0.25, 0.3) is 5.56 Å².